The minimum atomic E-state index is 0.0610. The summed E-state index contributed by atoms with van der Waals surface area (Å²) in [6.45, 7) is 8.41. The Morgan fingerprint density at radius 3 is 2.51 bits per heavy atom. The van der Waals surface area contributed by atoms with Crippen LogP contribution < -0.4 is 10.2 Å². The molecule has 8 nitrogen and oxygen atoms in total. The molecule has 5 rings (SSSR count). The Bertz CT molecular complexity index is 1010. The highest BCUT2D eigenvalue weighted by Gasteiger charge is 2.28. The molecule has 0 unspecified atom stereocenters. The smallest absolute Gasteiger partial charge is 0.223 e. The predicted octanol–water partition coefficient (Wildman–Crippen LogP) is 2.87. The minimum absolute atomic E-state index is 0.0610. The summed E-state index contributed by atoms with van der Waals surface area (Å²) >= 11 is 0. The maximum Gasteiger partial charge on any atom is 0.223 e. The van der Waals surface area contributed by atoms with E-state index in [9.17, 15) is 9.59 Å². The first kappa shape index (κ1) is 24.1. The van der Waals surface area contributed by atoms with Gasteiger partial charge in [0.25, 0.3) is 0 Å². The molecule has 1 N–H and O–H groups in total. The topological polar surface area (TPSA) is 73.7 Å². The number of nitrogens with zero attached hydrogens (tertiary/aromatic N) is 5. The van der Waals surface area contributed by atoms with Crippen LogP contribution in [-0.2, 0) is 16.1 Å². The molecule has 0 atom stereocenters. The lowest BCUT2D eigenvalue weighted by Gasteiger charge is -2.33. The second-order valence-corrected chi connectivity index (χ2v) is 10.3. The largest absolute Gasteiger partial charge is 0.356 e. The normalized spacial score (nSPS) is 20.2. The lowest BCUT2D eigenvalue weighted by molar-refractivity contribution is -0.127. The molecule has 3 fully saturated rings. The molecular weight excluding hydrogens is 440 g/mol. The van der Waals surface area contributed by atoms with Crippen molar-refractivity contribution in [2.24, 2.45) is 5.92 Å². The van der Waals surface area contributed by atoms with Crippen LogP contribution in [0.25, 0.3) is 11.0 Å². The van der Waals surface area contributed by atoms with E-state index in [0.29, 0.717) is 13.0 Å². The molecule has 0 saturated carbocycles. The highest BCUT2D eigenvalue weighted by atomic mass is 16.2. The average molecular weight is 481 g/mol. The number of nitrogens with one attached hydrogen (secondary N) is 1. The molecule has 35 heavy (non-hydrogen) atoms. The second-order valence-electron chi connectivity index (χ2n) is 10.3. The van der Waals surface area contributed by atoms with Crippen molar-refractivity contribution in [3.05, 3.63) is 24.3 Å². The van der Waals surface area contributed by atoms with Gasteiger partial charge < -0.3 is 24.6 Å². The summed E-state index contributed by atoms with van der Waals surface area (Å²) in [5.74, 6) is 1.53. The van der Waals surface area contributed by atoms with Crippen LogP contribution in [-0.4, -0.2) is 83.5 Å². The van der Waals surface area contributed by atoms with Gasteiger partial charge in [0.05, 0.1) is 11.0 Å². The van der Waals surface area contributed by atoms with Crippen LogP contribution in [0.3, 0.4) is 0 Å². The third-order valence-electron chi connectivity index (χ3n) is 7.95. The number of aromatic nitrogens is 2. The van der Waals surface area contributed by atoms with Gasteiger partial charge in [0, 0.05) is 58.2 Å². The SMILES string of the molecule is O=C(NCCCN1CCCC1=O)C1CCN(c2nc3ccccc3n2CCN2CCCCC2)CC1. The van der Waals surface area contributed by atoms with Crippen molar-refractivity contribution >= 4 is 28.8 Å². The van der Waals surface area contributed by atoms with Crippen molar-refractivity contribution in [3.8, 4) is 0 Å². The zero-order valence-corrected chi connectivity index (χ0v) is 21.0. The number of likely N-dealkylation sites (tertiary alicyclic amines) is 2. The van der Waals surface area contributed by atoms with Gasteiger partial charge in [-0.1, -0.05) is 18.6 Å². The molecule has 3 aliphatic heterocycles. The Labute approximate surface area is 208 Å². The monoisotopic (exact) mass is 480 g/mol. The van der Waals surface area contributed by atoms with E-state index >= 15 is 0 Å². The lowest BCUT2D eigenvalue weighted by atomic mass is 9.96. The fourth-order valence-electron chi connectivity index (χ4n) is 5.86. The summed E-state index contributed by atoms with van der Waals surface area (Å²) in [6, 6.07) is 8.44. The lowest BCUT2D eigenvalue weighted by Crippen LogP contribution is -2.42. The van der Waals surface area contributed by atoms with Crippen molar-refractivity contribution < 1.29 is 9.59 Å². The number of para-hydroxylation sites is 2. The van der Waals surface area contributed by atoms with Crippen LogP contribution in [0.5, 0.6) is 0 Å². The van der Waals surface area contributed by atoms with Gasteiger partial charge >= 0.3 is 0 Å². The maximum absolute atomic E-state index is 12.8. The Morgan fingerprint density at radius 1 is 0.943 bits per heavy atom. The summed E-state index contributed by atoms with van der Waals surface area (Å²) in [6.07, 6.45) is 8.16. The molecule has 0 radical (unpaired) electrons. The van der Waals surface area contributed by atoms with E-state index in [-0.39, 0.29) is 17.7 Å². The molecule has 0 spiro atoms. The molecule has 190 valence electrons. The molecule has 1 aromatic heterocycles. The standard InChI is InChI=1S/C27H40N6O2/c34-25-10-6-16-31(25)17-7-13-28-26(35)22-11-18-32(19-12-22)27-29-23-8-2-3-9-24(23)33(27)21-20-30-14-4-1-5-15-30/h2-3,8-9,22H,1,4-7,10-21H2,(H,28,35). The summed E-state index contributed by atoms with van der Waals surface area (Å²) in [5.41, 5.74) is 2.26. The molecule has 2 amide bonds. The van der Waals surface area contributed by atoms with E-state index < -0.39 is 0 Å². The number of amides is 2. The Balaban J connectivity index is 1.14. The van der Waals surface area contributed by atoms with Crippen molar-refractivity contribution in [3.63, 3.8) is 0 Å². The second kappa shape index (κ2) is 11.4. The molecule has 0 aliphatic carbocycles. The predicted molar refractivity (Wildman–Crippen MR) is 138 cm³/mol. The fourth-order valence-corrected chi connectivity index (χ4v) is 5.86. The number of benzene rings is 1. The summed E-state index contributed by atoms with van der Waals surface area (Å²) < 4.78 is 2.39. The van der Waals surface area contributed by atoms with Crippen LogP contribution in [0, 0.1) is 5.92 Å². The van der Waals surface area contributed by atoms with E-state index in [2.05, 4.69) is 43.9 Å². The number of hydrogen-bond acceptors (Lipinski definition) is 5. The number of hydrogen-bond donors (Lipinski definition) is 1. The van der Waals surface area contributed by atoms with Crippen LogP contribution in [0.4, 0.5) is 5.95 Å². The van der Waals surface area contributed by atoms with Gasteiger partial charge in [-0.3, -0.25) is 9.59 Å². The van der Waals surface area contributed by atoms with Gasteiger partial charge in [-0.25, -0.2) is 4.98 Å². The summed E-state index contributed by atoms with van der Waals surface area (Å²) in [5, 5.41) is 3.11. The van der Waals surface area contributed by atoms with Crippen LogP contribution in [0.15, 0.2) is 24.3 Å². The van der Waals surface area contributed by atoms with E-state index in [1.54, 1.807) is 0 Å². The summed E-state index contributed by atoms with van der Waals surface area (Å²) in [7, 11) is 0. The molecule has 4 heterocycles. The highest BCUT2D eigenvalue weighted by Crippen LogP contribution is 2.27. The first-order valence-electron chi connectivity index (χ1n) is 13.7. The number of piperidine rings is 2. The minimum Gasteiger partial charge on any atom is -0.356 e. The fraction of sp³-hybridized carbons (Fsp3) is 0.667. The summed E-state index contributed by atoms with van der Waals surface area (Å²) in [4.78, 5) is 36.4. The van der Waals surface area contributed by atoms with Gasteiger partial charge in [0.1, 0.15) is 0 Å². The molecule has 1 aromatic carbocycles. The van der Waals surface area contributed by atoms with Gasteiger partial charge in [0.2, 0.25) is 17.8 Å². The number of fused-ring (bicyclic) bond motifs is 1. The Morgan fingerprint density at radius 2 is 1.74 bits per heavy atom. The number of imidazole rings is 1. The van der Waals surface area contributed by atoms with E-state index in [0.717, 1.165) is 76.4 Å². The van der Waals surface area contributed by atoms with Gasteiger partial charge in [-0.15, -0.1) is 0 Å². The molecule has 3 aliphatic rings. The maximum atomic E-state index is 12.8. The Hall–Kier alpha value is -2.61. The number of anilines is 1. The van der Waals surface area contributed by atoms with Crippen molar-refractivity contribution in [2.75, 3.05) is 57.3 Å². The molecule has 2 aromatic rings. The van der Waals surface area contributed by atoms with Crippen molar-refractivity contribution in [2.45, 2.75) is 57.9 Å². The quantitative estimate of drug-likeness (QED) is 0.559. The first-order chi connectivity index (χ1) is 17.2. The van der Waals surface area contributed by atoms with Crippen molar-refractivity contribution in [1.82, 2.24) is 24.7 Å². The molecular formula is C27H40N6O2. The van der Waals surface area contributed by atoms with E-state index in [1.165, 1.54) is 37.9 Å². The van der Waals surface area contributed by atoms with Crippen molar-refractivity contribution in [1.29, 1.82) is 0 Å². The first-order valence-corrected chi connectivity index (χ1v) is 13.7. The molecule has 3 saturated heterocycles. The van der Waals surface area contributed by atoms with Crippen LogP contribution in [0.2, 0.25) is 0 Å². The zero-order chi connectivity index (χ0) is 24.0. The van der Waals surface area contributed by atoms with E-state index in [1.807, 2.05) is 4.90 Å². The third-order valence-corrected chi connectivity index (χ3v) is 7.95. The van der Waals surface area contributed by atoms with Crippen LogP contribution >= 0.6 is 0 Å². The number of carbonyl (C=O) groups is 2. The van der Waals surface area contributed by atoms with Gasteiger partial charge in [-0.05, 0) is 63.7 Å². The number of carbonyl (C=O) groups excluding carboxylic acids is 2. The average Bonchev–Trinajstić information content (AvgIpc) is 3.49. The zero-order valence-electron chi connectivity index (χ0n) is 21.0. The number of rotatable bonds is 9. The van der Waals surface area contributed by atoms with Crippen LogP contribution in [0.1, 0.15) is 51.4 Å². The molecule has 8 heteroatoms. The van der Waals surface area contributed by atoms with Gasteiger partial charge in [-0.2, -0.15) is 0 Å². The highest BCUT2D eigenvalue weighted by molar-refractivity contribution is 5.80. The van der Waals surface area contributed by atoms with Gasteiger partial charge in [0.15, 0.2) is 0 Å². The molecule has 0 bridgehead atoms. The van der Waals surface area contributed by atoms with E-state index in [4.69, 9.17) is 4.98 Å². The third kappa shape index (κ3) is 5.80. The Kier molecular flexibility index (Phi) is 7.86.